The van der Waals surface area contributed by atoms with Crippen molar-refractivity contribution in [3.8, 4) is 5.75 Å². The minimum Gasteiger partial charge on any atom is -1.00 e. The molecule has 0 aliphatic rings. The Labute approximate surface area is 178 Å². The Morgan fingerprint density at radius 3 is 2.37 bits per heavy atom. The molecule has 3 rings (SSSR count). The second-order valence-corrected chi connectivity index (χ2v) is 7.12. The van der Waals surface area contributed by atoms with Crippen LogP contribution in [0, 0.1) is 0 Å². The summed E-state index contributed by atoms with van der Waals surface area (Å²) in [6.45, 7) is 7.29. The third-order valence-corrected chi connectivity index (χ3v) is 4.93. The molecule has 1 N–H and O–H groups in total. The van der Waals surface area contributed by atoms with Crippen LogP contribution in [-0.2, 0) is 20.0 Å². The Morgan fingerprint density at radius 1 is 1.07 bits per heavy atom. The van der Waals surface area contributed by atoms with Crippen LogP contribution in [0.1, 0.15) is 38.1 Å². The monoisotopic (exact) mass is 480 g/mol. The highest BCUT2D eigenvalue weighted by molar-refractivity contribution is 5.72. The van der Waals surface area contributed by atoms with E-state index in [2.05, 4.69) is 61.2 Å². The van der Waals surface area contributed by atoms with Gasteiger partial charge in [-0.05, 0) is 35.7 Å². The summed E-state index contributed by atoms with van der Waals surface area (Å²) in [4.78, 5) is 0. The summed E-state index contributed by atoms with van der Waals surface area (Å²) >= 11 is 0. The van der Waals surface area contributed by atoms with Gasteiger partial charge in [-0.25, -0.2) is 9.13 Å². The quantitative estimate of drug-likeness (QED) is 0.398. The second-order valence-electron chi connectivity index (χ2n) is 7.12. The van der Waals surface area contributed by atoms with Gasteiger partial charge in [0.25, 0.3) is 5.82 Å². The number of aryl methyl sites for hydroxylation is 1. The van der Waals surface area contributed by atoms with E-state index in [1.165, 1.54) is 16.9 Å². The molecule has 5 heteroatoms. The fourth-order valence-electron chi connectivity index (χ4n) is 3.47. The molecule has 0 amide bonds. The van der Waals surface area contributed by atoms with E-state index in [1.807, 2.05) is 24.3 Å². The minimum atomic E-state index is -0.569. The molecule has 2 aromatic carbocycles. The van der Waals surface area contributed by atoms with Crippen LogP contribution in [0.2, 0.25) is 0 Å². The van der Waals surface area contributed by atoms with E-state index < -0.39 is 6.10 Å². The molecule has 0 radical (unpaired) electrons. The molecule has 0 fully saturated rings. The van der Waals surface area contributed by atoms with Gasteiger partial charge in [0.05, 0.1) is 7.05 Å². The van der Waals surface area contributed by atoms with E-state index >= 15 is 0 Å². The van der Waals surface area contributed by atoms with Crippen molar-refractivity contribution in [2.24, 2.45) is 7.05 Å². The number of aromatic nitrogens is 2. The summed E-state index contributed by atoms with van der Waals surface area (Å²) in [6.07, 6.45) is 0.343. The van der Waals surface area contributed by atoms with E-state index in [0.29, 0.717) is 12.5 Å². The van der Waals surface area contributed by atoms with Crippen molar-refractivity contribution in [1.82, 2.24) is 4.57 Å². The van der Waals surface area contributed by atoms with Gasteiger partial charge in [0.15, 0.2) is 11.0 Å². The first-order chi connectivity index (χ1) is 12.5. The molecule has 4 nitrogen and oxygen atoms in total. The highest BCUT2D eigenvalue weighted by Crippen LogP contribution is 2.19. The summed E-state index contributed by atoms with van der Waals surface area (Å²) in [7, 11) is 2.08. The molecule has 3 aromatic rings. The van der Waals surface area contributed by atoms with Gasteiger partial charge in [-0.3, -0.25) is 0 Å². The van der Waals surface area contributed by atoms with Gasteiger partial charge in [0.1, 0.15) is 25.0 Å². The highest BCUT2D eigenvalue weighted by Gasteiger charge is 2.23. The van der Waals surface area contributed by atoms with Crippen molar-refractivity contribution in [1.29, 1.82) is 0 Å². The van der Waals surface area contributed by atoms with Crippen LogP contribution in [0.15, 0.2) is 48.5 Å². The Morgan fingerprint density at radius 2 is 1.74 bits per heavy atom. The second kappa shape index (κ2) is 9.55. The van der Waals surface area contributed by atoms with E-state index in [4.69, 9.17) is 4.74 Å². The van der Waals surface area contributed by atoms with Crippen molar-refractivity contribution in [2.75, 3.05) is 6.61 Å². The number of aliphatic hydroxyl groups is 1. The Kier molecular flexibility index (Phi) is 7.68. The Bertz CT molecular complexity index is 872. The Hall–Kier alpha value is -1.60. The molecule has 1 heterocycles. The summed E-state index contributed by atoms with van der Waals surface area (Å²) in [6, 6.07) is 16.4. The number of hydrogen-bond acceptors (Lipinski definition) is 2. The van der Waals surface area contributed by atoms with E-state index in [0.717, 1.165) is 17.7 Å². The maximum absolute atomic E-state index is 10.5. The number of rotatable bonds is 7. The lowest BCUT2D eigenvalue weighted by Crippen LogP contribution is -3.00. The SMILES string of the molecule is CCc1n(CC(O)COc2ccc(C(C)C)cc2)c2ccccc2[n+]1C.[I-]. The summed E-state index contributed by atoms with van der Waals surface area (Å²) in [5.41, 5.74) is 3.62. The molecule has 0 saturated carbocycles. The normalized spacial score (nSPS) is 12.2. The third kappa shape index (κ3) is 4.82. The first kappa shape index (κ1) is 21.7. The number of hydrogen-bond donors (Lipinski definition) is 1. The minimum absolute atomic E-state index is 0. The molecule has 0 saturated heterocycles. The van der Waals surface area contributed by atoms with Crippen molar-refractivity contribution in [3.63, 3.8) is 0 Å². The first-order valence-corrected chi connectivity index (χ1v) is 9.38. The van der Waals surface area contributed by atoms with Crippen molar-refractivity contribution >= 4 is 11.0 Å². The number of para-hydroxylation sites is 2. The molecule has 0 aliphatic heterocycles. The number of imidazole rings is 1. The lowest BCUT2D eigenvalue weighted by Gasteiger charge is -2.13. The standard InChI is InChI=1S/C22H29N2O2.HI/c1-5-22-23(4)20-8-6-7-9-21(20)24(22)14-18(25)15-26-19-12-10-17(11-13-19)16(2)3;/h6-13,16,18,25H,5,14-15H2,1-4H3;1H/q+1;/p-1. The molecule has 1 aromatic heterocycles. The van der Waals surface area contributed by atoms with Crippen molar-refractivity contribution in [3.05, 3.63) is 59.9 Å². The summed E-state index contributed by atoms with van der Waals surface area (Å²) in [5, 5.41) is 10.5. The van der Waals surface area contributed by atoms with Gasteiger partial charge in [-0.1, -0.05) is 45.0 Å². The molecular weight excluding hydrogens is 451 g/mol. The molecule has 0 spiro atoms. The number of benzene rings is 2. The predicted molar refractivity (Wildman–Crippen MR) is 105 cm³/mol. The van der Waals surface area contributed by atoms with Crippen LogP contribution in [0.5, 0.6) is 5.75 Å². The first-order valence-electron chi connectivity index (χ1n) is 9.38. The van der Waals surface area contributed by atoms with Crippen LogP contribution in [0.3, 0.4) is 0 Å². The number of ether oxygens (including phenoxy) is 1. The maximum atomic E-state index is 10.5. The molecule has 1 atom stereocenters. The molecular formula is C22H29IN2O2. The van der Waals surface area contributed by atoms with E-state index in [1.54, 1.807) is 0 Å². The average Bonchev–Trinajstić information content (AvgIpc) is 2.92. The number of fused-ring (bicyclic) bond motifs is 1. The summed E-state index contributed by atoms with van der Waals surface area (Å²) in [5.74, 6) is 2.50. The molecule has 1 unspecified atom stereocenters. The van der Waals surface area contributed by atoms with Crippen molar-refractivity contribution < 1.29 is 38.4 Å². The van der Waals surface area contributed by atoms with Crippen LogP contribution >= 0.6 is 0 Å². The predicted octanol–water partition coefficient (Wildman–Crippen LogP) is 0.596. The molecule has 0 aliphatic carbocycles. The van der Waals surface area contributed by atoms with Crippen LogP contribution in [0.25, 0.3) is 11.0 Å². The number of nitrogens with zero attached hydrogens (tertiary/aromatic N) is 2. The van der Waals surface area contributed by atoms with Gasteiger partial charge in [0.2, 0.25) is 0 Å². The van der Waals surface area contributed by atoms with Gasteiger partial charge in [-0.2, -0.15) is 0 Å². The summed E-state index contributed by atoms with van der Waals surface area (Å²) < 4.78 is 10.2. The number of aliphatic hydroxyl groups excluding tert-OH is 1. The van der Waals surface area contributed by atoms with Gasteiger partial charge < -0.3 is 33.8 Å². The van der Waals surface area contributed by atoms with Gasteiger partial charge in [0, 0.05) is 6.42 Å². The van der Waals surface area contributed by atoms with Crippen LogP contribution in [-0.4, -0.2) is 22.4 Å². The fourth-order valence-corrected chi connectivity index (χ4v) is 3.47. The average molecular weight is 480 g/mol. The van der Waals surface area contributed by atoms with Gasteiger partial charge >= 0.3 is 0 Å². The fraction of sp³-hybridized carbons (Fsp3) is 0.409. The third-order valence-electron chi connectivity index (χ3n) is 4.93. The lowest BCUT2D eigenvalue weighted by atomic mass is 10.0. The largest absolute Gasteiger partial charge is 1.00 e. The van der Waals surface area contributed by atoms with Crippen LogP contribution in [0.4, 0.5) is 0 Å². The smallest absolute Gasteiger partial charge is 0.256 e. The zero-order valence-corrected chi connectivity index (χ0v) is 18.7. The molecule has 0 bridgehead atoms. The Balaban J connectivity index is 0.00000261. The highest BCUT2D eigenvalue weighted by atomic mass is 127. The lowest BCUT2D eigenvalue weighted by molar-refractivity contribution is -0.653. The zero-order valence-electron chi connectivity index (χ0n) is 16.5. The topological polar surface area (TPSA) is 38.3 Å². The van der Waals surface area contributed by atoms with Gasteiger partial charge in [-0.15, -0.1) is 0 Å². The maximum Gasteiger partial charge on any atom is 0.256 e. The van der Waals surface area contributed by atoms with E-state index in [-0.39, 0.29) is 30.6 Å². The van der Waals surface area contributed by atoms with Crippen molar-refractivity contribution in [2.45, 2.75) is 45.8 Å². The molecule has 27 heavy (non-hydrogen) atoms. The van der Waals surface area contributed by atoms with Crippen LogP contribution < -0.4 is 33.3 Å². The van der Waals surface area contributed by atoms with E-state index in [9.17, 15) is 5.11 Å². The number of halogens is 1. The molecule has 146 valence electrons. The zero-order chi connectivity index (χ0) is 18.7.